The zero-order valence-corrected chi connectivity index (χ0v) is 16.3. The van der Waals surface area contributed by atoms with Crippen LogP contribution in [0.1, 0.15) is 17.0 Å². The first-order valence-corrected chi connectivity index (χ1v) is 10.8. The second kappa shape index (κ2) is 7.78. The summed E-state index contributed by atoms with van der Waals surface area (Å²) in [4.78, 5) is 14.2. The summed E-state index contributed by atoms with van der Waals surface area (Å²) in [6.07, 6.45) is 2.01. The molecule has 0 aliphatic heterocycles. The number of H-pyrrole nitrogens is 1. The number of benzene rings is 3. The summed E-state index contributed by atoms with van der Waals surface area (Å²) in [5, 5.41) is 13.2. The molecule has 0 aliphatic rings. The molecule has 0 radical (unpaired) electrons. The monoisotopic (exact) mass is 422 g/mol. The predicted molar refractivity (Wildman–Crippen MR) is 110 cm³/mol. The predicted octanol–water partition coefficient (Wildman–Crippen LogP) is 4.66. The number of hydrogen-bond donors (Lipinski definition) is 1. The molecular formula is C22H18N2O2Se. The first kappa shape index (κ1) is 17.5. The molecule has 0 spiro atoms. The van der Waals surface area contributed by atoms with Crippen LogP contribution in [0.2, 0.25) is 5.32 Å². The van der Waals surface area contributed by atoms with Crippen LogP contribution in [0.25, 0.3) is 10.9 Å². The summed E-state index contributed by atoms with van der Waals surface area (Å²) in [7, 11) is 0. The topological polar surface area (TPSA) is 58.9 Å². The van der Waals surface area contributed by atoms with Crippen LogP contribution < -0.4 is 4.46 Å². The summed E-state index contributed by atoms with van der Waals surface area (Å²) < 4.78 is 1.36. The fourth-order valence-electron chi connectivity index (χ4n) is 3.28. The SMILES string of the molecule is O=[N+]([O-])c1ccc2[nH]cc(C(C[Se]c3ccccc3)c3ccccc3)c2c1. The van der Waals surface area contributed by atoms with E-state index in [0.717, 1.165) is 21.8 Å². The number of fused-ring (bicyclic) bond motifs is 1. The van der Waals surface area contributed by atoms with Crippen molar-refractivity contribution in [1.29, 1.82) is 0 Å². The van der Waals surface area contributed by atoms with E-state index in [0.29, 0.717) is 15.0 Å². The van der Waals surface area contributed by atoms with Crippen LogP contribution in [-0.4, -0.2) is 24.9 Å². The number of aromatic nitrogens is 1. The van der Waals surface area contributed by atoms with Crippen molar-refractivity contribution in [3.05, 3.63) is 106 Å². The fraction of sp³-hybridized carbons (Fsp3) is 0.0909. The van der Waals surface area contributed by atoms with Crippen molar-refractivity contribution < 1.29 is 4.92 Å². The Kier molecular flexibility index (Phi) is 5.05. The van der Waals surface area contributed by atoms with Crippen LogP contribution in [0, 0.1) is 10.1 Å². The van der Waals surface area contributed by atoms with E-state index < -0.39 is 0 Å². The van der Waals surface area contributed by atoms with E-state index in [1.54, 1.807) is 18.2 Å². The van der Waals surface area contributed by atoms with Crippen molar-refractivity contribution in [2.75, 3.05) is 0 Å². The third kappa shape index (κ3) is 3.80. The van der Waals surface area contributed by atoms with Gasteiger partial charge >= 0.3 is 163 Å². The van der Waals surface area contributed by atoms with Crippen LogP contribution in [0.5, 0.6) is 0 Å². The van der Waals surface area contributed by atoms with Crippen LogP contribution in [-0.2, 0) is 0 Å². The molecule has 0 aliphatic carbocycles. The Balaban J connectivity index is 1.75. The quantitative estimate of drug-likeness (QED) is 0.280. The average Bonchev–Trinajstić information content (AvgIpc) is 3.13. The summed E-state index contributed by atoms with van der Waals surface area (Å²) >= 11 is 0.312. The molecule has 1 N–H and O–H groups in total. The number of rotatable bonds is 6. The van der Waals surface area contributed by atoms with E-state index >= 15 is 0 Å². The van der Waals surface area contributed by atoms with Crippen molar-refractivity contribution in [3.63, 3.8) is 0 Å². The minimum atomic E-state index is -0.332. The summed E-state index contributed by atoms with van der Waals surface area (Å²) in [5.74, 6) is 0.196. The van der Waals surface area contributed by atoms with Gasteiger partial charge in [0.2, 0.25) is 0 Å². The molecule has 134 valence electrons. The molecule has 1 heterocycles. The van der Waals surface area contributed by atoms with Crippen LogP contribution in [0.4, 0.5) is 5.69 Å². The summed E-state index contributed by atoms with van der Waals surface area (Å²) in [5.41, 5.74) is 3.42. The molecule has 4 rings (SSSR count). The third-order valence-corrected chi connectivity index (χ3v) is 6.96. The zero-order valence-electron chi connectivity index (χ0n) is 14.5. The Hall–Kier alpha value is -2.88. The average molecular weight is 421 g/mol. The number of nitro benzene ring substituents is 1. The molecule has 4 nitrogen and oxygen atoms in total. The Labute approximate surface area is 163 Å². The normalized spacial score (nSPS) is 12.1. The third-order valence-electron chi connectivity index (χ3n) is 4.65. The number of nitrogens with zero attached hydrogens (tertiary/aromatic N) is 1. The molecule has 0 saturated heterocycles. The Bertz CT molecular complexity index is 1060. The first-order valence-electron chi connectivity index (χ1n) is 8.70. The second-order valence-electron chi connectivity index (χ2n) is 6.32. The molecule has 4 aromatic rings. The fourth-order valence-corrected chi connectivity index (χ4v) is 5.55. The molecule has 27 heavy (non-hydrogen) atoms. The van der Waals surface area contributed by atoms with Gasteiger partial charge in [-0.3, -0.25) is 0 Å². The molecule has 0 fully saturated rings. The molecule has 1 aromatic heterocycles. The van der Waals surface area contributed by atoms with Crippen molar-refractivity contribution in [1.82, 2.24) is 4.98 Å². The summed E-state index contributed by atoms with van der Waals surface area (Å²) in [6, 6.07) is 25.9. The van der Waals surface area contributed by atoms with E-state index in [4.69, 9.17) is 0 Å². The van der Waals surface area contributed by atoms with Crippen LogP contribution in [0.3, 0.4) is 0 Å². The van der Waals surface area contributed by atoms with Gasteiger partial charge in [0.15, 0.2) is 0 Å². The van der Waals surface area contributed by atoms with E-state index in [1.807, 2.05) is 18.3 Å². The standard InChI is InChI=1S/C22H18N2O2Se/c25-24(26)17-11-12-22-19(13-17)20(14-23-22)21(16-7-3-1-4-8-16)15-27-18-9-5-2-6-10-18/h1-14,21,23H,15H2. The Morgan fingerprint density at radius 2 is 1.67 bits per heavy atom. The van der Waals surface area contributed by atoms with Gasteiger partial charge in [-0.15, -0.1) is 0 Å². The van der Waals surface area contributed by atoms with Crippen molar-refractivity contribution in [3.8, 4) is 0 Å². The van der Waals surface area contributed by atoms with Gasteiger partial charge in [-0.25, -0.2) is 0 Å². The minimum absolute atomic E-state index is 0.128. The number of aromatic amines is 1. The van der Waals surface area contributed by atoms with Crippen LogP contribution >= 0.6 is 0 Å². The molecule has 3 aromatic carbocycles. The Morgan fingerprint density at radius 3 is 2.37 bits per heavy atom. The number of hydrogen-bond acceptors (Lipinski definition) is 2. The van der Waals surface area contributed by atoms with Crippen molar-refractivity contribution in [2.45, 2.75) is 11.2 Å². The number of non-ortho nitro benzene ring substituents is 1. The van der Waals surface area contributed by atoms with Gasteiger partial charge in [-0.2, -0.15) is 0 Å². The molecule has 0 saturated carbocycles. The molecule has 1 unspecified atom stereocenters. The van der Waals surface area contributed by atoms with Crippen molar-refractivity contribution in [2.24, 2.45) is 0 Å². The number of nitrogens with one attached hydrogen (secondary N) is 1. The zero-order chi connectivity index (χ0) is 18.6. The van der Waals surface area contributed by atoms with E-state index in [-0.39, 0.29) is 16.5 Å². The van der Waals surface area contributed by atoms with Gasteiger partial charge < -0.3 is 0 Å². The summed E-state index contributed by atoms with van der Waals surface area (Å²) in [6.45, 7) is 0. The van der Waals surface area contributed by atoms with Gasteiger partial charge in [0.05, 0.1) is 0 Å². The molecule has 5 heteroatoms. The van der Waals surface area contributed by atoms with E-state index in [1.165, 1.54) is 10.0 Å². The van der Waals surface area contributed by atoms with Gasteiger partial charge in [-0.05, 0) is 0 Å². The second-order valence-corrected chi connectivity index (χ2v) is 8.61. The van der Waals surface area contributed by atoms with Gasteiger partial charge in [0.1, 0.15) is 0 Å². The van der Waals surface area contributed by atoms with E-state index in [2.05, 4.69) is 53.5 Å². The molecule has 0 amide bonds. The van der Waals surface area contributed by atoms with Crippen LogP contribution in [0.15, 0.2) is 85.1 Å². The maximum absolute atomic E-state index is 11.2. The van der Waals surface area contributed by atoms with Gasteiger partial charge in [-0.1, -0.05) is 0 Å². The maximum atomic E-state index is 11.2. The van der Waals surface area contributed by atoms with Gasteiger partial charge in [0, 0.05) is 0 Å². The number of nitro groups is 1. The van der Waals surface area contributed by atoms with Crippen molar-refractivity contribution >= 4 is 36.0 Å². The first-order chi connectivity index (χ1) is 13.2. The molecular weight excluding hydrogens is 403 g/mol. The molecule has 1 atom stereocenters. The molecule has 0 bridgehead atoms. The Morgan fingerprint density at radius 1 is 0.963 bits per heavy atom. The van der Waals surface area contributed by atoms with Gasteiger partial charge in [0.25, 0.3) is 0 Å². The van der Waals surface area contributed by atoms with E-state index in [9.17, 15) is 10.1 Å².